The van der Waals surface area contributed by atoms with Gasteiger partial charge in [0.15, 0.2) is 11.5 Å². The SMILES string of the molecule is CCOc1ccc(CNC2CCCN(CC)C2)cc1OC. The molecule has 0 radical (unpaired) electrons. The zero-order valence-corrected chi connectivity index (χ0v) is 13.5. The van der Waals surface area contributed by atoms with E-state index >= 15 is 0 Å². The lowest BCUT2D eigenvalue weighted by molar-refractivity contribution is 0.198. The molecule has 21 heavy (non-hydrogen) atoms. The Kier molecular flexibility index (Phi) is 6.33. The molecular weight excluding hydrogens is 264 g/mol. The Morgan fingerprint density at radius 2 is 2.14 bits per heavy atom. The molecule has 0 amide bonds. The fourth-order valence-corrected chi connectivity index (χ4v) is 2.87. The first-order chi connectivity index (χ1) is 10.3. The molecule has 1 aromatic rings. The van der Waals surface area contributed by atoms with E-state index in [0.29, 0.717) is 12.6 Å². The number of rotatable bonds is 7. The summed E-state index contributed by atoms with van der Waals surface area (Å²) in [6.07, 6.45) is 2.56. The maximum Gasteiger partial charge on any atom is 0.161 e. The molecule has 118 valence electrons. The minimum absolute atomic E-state index is 0.594. The predicted molar refractivity (Wildman–Crippen MR) is 86.1 cm³/mol. The normalized spacial score (nSPS) is 19.5. The third-order valence-electron chi connectivity index (χ3n) is 4.08. The van der Waals surface area contributed by atoms with Gasteiger partial charge in [0.2, 0.25) is 0 Å². The van der Waals surface area contributed by atoms with Gasteiger partial charge in [0.05, 0.1) is 13.7 Å². The second-order valence-electron chi connectivity index (χ2n) is 5.53. The van der Waals surface area contributed by atoms with Gasteiger partial charge in [0, 0.05) is 19.1 Å². The molecule has 1 fully saturated rings. The summed E-state index contributed by atoms with van der Waals surface area (Å²) in [4.78, 5) is 2.51. The predicted octanol–water partition coefficient (Wildman–Crippen LogP) is 2.67. The Morgan fingerprint density at radius 1 is 1.29 bits per heavy atom. The quantitative estimate of drug-likeness (QED) is 0.838. The molecular formula is C17H28N2O2. The first-order valence-electron chi connectivity index (χ1n) is 8.02. The molecule has 1 aliphatic heterocycles. The van der Waals surface area contributed by atoms with Gasteiger partial charge in [-0.3, -0.25) is 0 Å². The van der Waals surface area contributed by atoms with Crippen molar-refractivity contribution in [2.24, 2.45) is 0 Å². The van der Waals surface area contributed by atoms with Crippen LogP contribution in [0, 0.1) is 0 Å². The van der Waals surface area contributed by atoms with Crippen LogP contribution in [0.1, 0.15) is 32.3 Å². The van der Waals surface area contributed by atoms with Gasteiger partial charge in [-0.2, -0.15) is 0 Å². The van der Waals surface area contributed by atoms with Crippen LogP contribution in [-0.2, 0) is 6.54 Å². The molecule has 1 atom stereocenters. The van der Waals surface area contributed by atoms with Crippen molar-refractivity contribution < 1.29 is 9.47 Å². The first kappa shape index (κ1) is 16.1. The van der Waals surface area contributed by atoms with Crippen molar-refractivity contribution in [3.63, 3.8) is 0 Å². The Balaban J connectivity index is 1.90. The molecule has 1 aromatic carbocycles. The van der Waals surface area contributed by atoms with Crippen molar-refractivity contribution in [2.45, 2.75) is 39.3 Å². The number of benzene rings is 1. The van der Waals surface area contributed by atoms with E-state index < -0.39 is 0 Å². The Labute approximate surface area is 128 Å². The summed E-state index contributed by atoms with van der Waals surface area (Å²) in [7, 11) is 1.69. The van der Waals surface area contributed by atoms with E-state index in [-0.39, 0.29) is 0 Å². The van der Waals surface area contributed by atoms with Crippen LogP contribution < -0.4 is 14.8 Å². The highest BCUT2D eigenvalue weighted by Gasteiger charge is 2.18. The second-order valence-corrected chi connectivity index (χ2v) is 5.53. The van der Waals surface area contributed by atoms with Gasteiger partial charge in [-0.15, -0.1) is 0 Å². The van der Waals surface area contributed by atoms with Crippen molar-refractivity contribution >= 4 is 0 Å². The van der Waals surface area contributed by atoms with Gasteiger partial charge >= 0.3 is 0 Å². The highest BCUT2D eigenvalue weighted by atomic mass is 16.5. The van der Waals surface area contributed by atoms with E-state index in [1.807, 2.05) is 13.0 Å². The maximum absolute atomic E-state index is 5.55. The molecule has 1 heterocycles. The highest BCUT2D eigenvalue weighted by molar-refractivity contribution is 5.42. The standard InChI is InChI=1S/C17H28N2O2/c1-4-19-10-6-7-15(13-19)18-12-14-8-9-16(21-5-2)17(11-14)20-3/h8-9,11,15,18H,4-7,10,12-13H2,1-3H3. The Bertz CT molecular complexity index is 437. The lowest BCUT2D eigenvalue weighted by Crippen LogP contribution is -2.45. The molecule has 1 N–H and O–H groups in total. The van der Waals surface area contributed by atoms with Gasteiger partial charge in [-0.05, 0) is 50.6 Å². The lowest BCUT2D eigenvalue weighted by Gasteiger charge is -2.32. The van der Waals surface area contributed by atoms with E-state index in [2.05, 4.69) is 29.3 Å². The van der Waals surface area contributed by atoms with Crippen LogP contribution in [-0.4, -0.2) is 44.3 Å². The number of nitrogens with zero attached hydrogens (tertiary/aromatic N) is 1. The van der Waals surface area contributed by atoms with Crippen LogP contribution in [0.4, 0.5) is 0 Å². The summed E-state index contributed by atoms with van der Waals surface area (Å²) in [5.41, 5.74) is 1.24. The molecule has 0 aliphatic carbocycles. The van der Waals surface area contributed by atoms with E-state index in [1.165, 1.54) is 24.9 Å². The maximum atomic E-state index is 5.55. The molecule has 1 saturated heterocycles. The monoisotopic (exact) mass is 292 g/mol. The lowest BCUT2D eigenvalue weighted by atomic mass is 10.1. The topological polar surface area (TPSA) is 33.7 Å². The summed E-state index contributed by atoms with van der Waals surface area (Å²) in [6, 6.07) is 6.77. The van der Waals surface area contributed by atoms with Crippen LogP contribution >= 0.6 is 0 Å². The largest absolute Gasteiger partial charge is 0.493 e. The summed E-state index contributed by atoms with van der Waals surface area (Å²) in [6.45, 7) is 9.30. The summed E-state index contributed by atoms with van der Waals surface area (Å²) >= 11 is 0. The minimum atomic E-state index is 0.594. The number of likely N-dealkylation sites (N-methyl/N-ethyl adjacent to an activating group) is 1. The number of ether oxygens (including phenoxy) is 2. The molecule has 0 bridgehead atoms. The van der Waals surface area contributed by atoms with E-state index in [4.69, 9.17) is 9.47 Å². The Morgan fingerprint density at radius 3 is 2.86 bits per heavy atom. The van der Waals surface area contributed by atoms with Crippen molar-refractivity contribution in [1.82, 2.24) is 10.2 Å². The highest BCUT2D eigenvalue weighted by Crippen LogP contribution is 2.28. The van der Waals surface area contributed by atoms with Crippen molar-refractivity contribution in [3.8, 4) is 11.5 Å². The number of hydrogen-bond donors (Lipinski definition) is 1. The smallest absolute Gasteiger partial charge is 0.161 e. The number of piperidine rings is 1. The van der Waals surface area contributed by atoms with Crippen molar-refractivity contribution in [1.29, 1.82) is 0 Å². The van der Waals surface area contributed by atoms with Gasteiger partial charge in [-0.25, -0.2) is 0 Å². The molecule has 2 rings (SSSR count). The molecule has 4 nitrogen and oxygen atoms in total. The van der Waals surface area contributed by atoms with Gasteiger partial charge in [0.25, 0.3) is 0 Å². The molecule has 0 spiro atoms. The summed E-state index contributed by atoms with van der Waals surface area (Å²) in [5.74, 6) is 1.63. The van der Waals surface area contributed by atoms with Gasteiger partial charge in [-0.1, -0.05) is 13.0 Å². The number of methoxy groups -OCH3 is 1. The zero-order chi connectivity index (χ0) is 15.1. The zero-order valence-electron chi connectivity index (χ0n) is 13.5. The van der Waals surface area contributed by atoms with E-state index in [9.17, 15) is 0 Å². The van der Waals surface area contributed by atoms with E-state index in [0.717, 1.165) is 31.1 Å². The van der Waals surface area contributed by atoms with Crippen LogP contribution in [0.25, 0.3) is 0 Å². The fraction of sp³-hybridized carbons (Fsp3) is 0.647. The molecule has 1 unspecified atom stereocenters. The fourth-order valence-electron chi connectivity index (χ4n) is 2.87. The molecule has 0 saturated carbocycles. The van der Waals surface area contributed by atoms with Crippen LogP contribution in [0.5, 0.6) is 11.5 Å². The molecule has 4 heteroatoms. The van der Waals surface area contributed by atoms with Crippen LogP contribution in [0.2, 0.25) is 0 Å². The van der Waals surface area contributed by atoms with E-state index in [1.54, 1.807) is 7.11 Å². The summed E-state index contributed by atoms with van der Waals surface area (Å²) in [5, 5.41) is 3.67. The minimum Gasteiger partial charge on any atom is -0.493 e. The average molecular weight is 292 g/mol. The first-order valence-corrected chi connectivity index (χ1v) is 8.02. The molecule has 0 aromatic heterocycles. The second kappa shape index (κ2) is 8.25. The average Bonchev–Trinajstić information content (AvgIpc) is 2.54. The third kappa shape index (κ3) is 4.61. The third-order valence-corrected chi connectivity index (χ3v) is 4.08. The van der Waals surface area contributed by atoms with Gasteiger partial charge in [0.1, 0.15) is 0 Å². The Hall–Kier alpha value is -1.26. The van der Waals surface area contributed by atoms with Crippen LogP contribution in [0.15, 0.2) is 18.2 Å². The van der Waals surface area contributed by atoms with Crippen molar-refractivity contribution in [2.75, 3.05) is 33.4 Å². The number of likely N-dealkylation sites (tertiary alicyclic amines) is 1. The van der Waals surface area contributed by atoms with Gasteiger partial charge < -0.3 is 19.7 Å². The number of nitrogens with one attached hydrogen (secondary N) is 1. The van der Waals surface area contributed by atoms with Crippen molar-refractivity contribution in [3.05, 3.63) is 23.8 Å². The molecule has 1 aliphatic rings. The summed E-state index contributed by atoms with van der Waals surface area (Å²) < 4.78 is 11.0. The van der Waals surface area contributed by atoms with Crippen LogP contribution in [0.3, 0.4) is 0 Å². The number of hydrogen-bond acceptors (Lipinski definition) is 4.